The topological polar surface area (TPSA) is 38.0 Å². The molecule has 0 spiro atoms. The Bertz CT molecular complexity index is 308. The number of hydrogen-bond acceptors (Lipinski definition) is 2. The van der Waals surface area contributed by atoms with Gasteiger partial charge in [-0.2, -0.15) is 0 Å². The van der Waals surface area contributed by atoms with Crippen LogP contribution < -0.4 is 11.1 Å². The quantitative estimate of drug-likeness (QED) is 0.871. The predicted octanol–water partition coefficient (Wildman–Crippen LogP) is 2.60. The van der Waals surface area contributed by atoms with Crippen molar-refractivity contribution in [2.24, 2.45) is 11.7 Å². The lowest BCUT2D eigenvalue weighted by Crippen LogP contribution is -2.39. The third-order valence-electron chi connectivity index (χ3n) is 2.69. The fraction of sp³-hybridized carbons (Fsp3) is 0.455. The van der Waals surface area contributed by atoms with E-state index in [1.807, 2.05) is 12.1 Å². The van der Waals surface area contributed by atoms with Crippen molar-refractivity contribution in [1.82, 2.24) is 0 Å². The van der Waals surface area contributed by atoms with E-state index in [1.54, 1.807) is 0 Å². The summed E-state index contributed by atoms with van der Waals surface area (Å²) in [5, 5.41) is 3.42. The molecule has 0 heterocycles. The second kappa shape index (κ2) is 4.32. The molecular weight excluding hydrogens is 240 g/mol. The van der Waals surface area contributed by atoms with Crippen LogP contribution in [0.2, 0.25) is 0 Å². The summed E-state index contributed by atoms with van der Waals surface area (Å²) in [7, 11) is 0. The van der Waals surface area contributed by atoms with Crippen LogP contribution in [0.3, 0.4) is 0 Å². The van der Waals surface area contributed by atoms with Gasteiger partial charge >= 0.3 is 0 Å². The molecule has 0 aliphatic heterocycles. The van der Waals surface area contributed by atoms with Crippen molar-refractivity contribution in [2.45, 2.75) is 18.9 Å². The van der Waals surface area contributed by atoms with Crippen molar-refractivity contribution in [1.29, 1.82) is 0 Å². The summed E-state index contributed by atoms with van der Waals surface area (Å²) in [5.41, 5.74) is 6.91. The Labute approximate surface area is 93.0 Å². The van der Waals surface area contributed by atoms with Gasteiger partial charge in [-0.05, 0) is 37.0 Å². The summed E-state index contributed by atoms with van der Waals surface area (Å²) in [5.74, 6) is 0.768. The SMILES string of the molecule is NC1CC(CNc2cccc(Br)c2)C1. The Morgan fingerprint density at radius 3 is 2.86 bits per heavy atom. The van der Waals surface area contributed by atoms with Crippen molar-refractivity contribution in [3.05, 3.63) is 28.7 Å². The third kappa shape index (κ3) is 2.49. The molecule has 0 amide bonds. The molecule has 1 aliphatic carbocycles. The summed E-state index contributed by atoms with van der Waals surface area (Å²) in [6.07, 6.45) is 2.34. The van der Waals surface area contributed by atoms with E-state index in [0.29, 0.717) is 6.04 Å². The van der Waals surface area contributed by atoms with E-state index in [9.17, 15) is 0 Å². The summed E-state index contributed by atoms with van der Waals surface area (Å²) in [6.45, 7) is 1.05. The van der Waals surface area contributed by atoms with Crippen LogP contribution in [0.25, 0.3) is 0 Å². The first-order chi connectivity index (χ1) is 6.74. The summed E-state index contributed by atoms with van der Waals surface area (Å²) < 4.78 is 1.12. The van der Waals surface area contributed by atoms with Crippen LogP contribution in [0.5, 0.6) is 0 Å². The second-order valence-electron chi connectivity index (χ2n) is 3.99. The first kappa shape index (κ1) is 9.99. The molecular formula is C11H15BrN2. The van der Waals surface area contributed by atoms with E-state index in [0.717, 1.165) is 16.9 Å². The molecule has 0 unspecified atom stereocenters. The Kier molecular flexibility index (Phi) is 3.08. The minimum absolute atomic E-state index is 0.448. The van der Waals surface area contributed by atoms with Crippen molar-refractivity contribution < 1.29 is 0 Å². The molecule has 0 atom stereocenters. The zero-order valence-corrected chi connectivity index (χ0v) is 9.63. The van der Waals surface area contributed by atoms with Gasteiger partial charge in [-0.3, -0.25) is 0 Å². The molecule has 0 bridgehead atoms. The first-order valence-electron chi connectivity index (χ1n) is 4.99. The Morgan fingerprint density at radius 1 is 1.43 bits per heavy atom. The van der Waals surface area contributed by atoms with Gasteiger partial charge < -0.3 is 11.1 Å². The standard InChI is InChI=1S/C11H15BrN2/c12-9-2-1-3-11(6-9)14-7-8-4-10(13)5-8/h1-3,6,8,10,14H,4-5,7,13H2. The second-order valence-corrected chi connectivity index (χ2v) is 4.90. The van der Waals surface area contributed by atoms with Crippen LogP contribution in [0.4, 0.5) is 5.69 Å². The molecule has 1 saturated carbocycles. The van der Waals surface area contributed by atoms with Crippen LogP contribution in [-0.4, -0.2) is 12.6 Å². The van der Waals surface area contributed by atoms with Crippen molar-refractivity contribution >= 4 is 21.6 Å². The molecule has 1 aromatic rings. The highest BCUT2D eigenvalue weighted by molar-refractivity contribution is 9.10. The van der Waals surface area contributed by atoms with E-state index >= 15 is 0 Å². The van der Waals surface area contributed by atoms with E-state index in [4.69, 9.17) is 5.73 Å². The van der Waals surface area contributed by atoms with E-state index in [1.165, 1.54) is 18.5 Å². The molecule has 3 heteroatoms. The number of nitrogens with two attached hydrogens (primary N) is 1. The summed E-state index contributed by atoms with van der Waals surface area (Å²) in [6, 6.07) is 8.70. The first-order valence-corrected chi connectivity index (χ1v) is 5.78. The normalized spacial score (nSPS) is 25.6. The average molecular weight is 255 g/mol. The van der Waals surface area contributed by atoms with Gasteiger partial charge in [0.15, 0.2) is 0 Å². The van der Waals surface area contributed by atoms with Crippen LogP contribution in [-0.2, 0) is 0 Å². The molecule has 1 aliphatic rings. The fourth-order valence-electron chi connectivity index (χ4n) is 1.81. The summed E-state index contributed by atoms with van der Waals surface area (Å²) in [4.78, 5) is 0. The van der Waals surface area contributed by atoms with Crippen LogP contribution in [0.1, 0.15) is 12.8 Å². The monoisotopic (exact) mass is 254 g/mol. The predicted molar refractivity (Wildman–Crippen MR) is 63.3 cm³/mol. The van der Waals surface area contributed by atoms with Gasteiger partial charge in [-0.25, -0.2) is 0 Å². The van der Waals surface area contributed by atoms with E-state index in [2.05, 4.69) is 33.4 Å². The maximum atomic E-state index is 5.73. The molecule has 0 radical (unpaired) electrons. The smallest absolute Gasteiger partial charge is 0.0351 e. The van der Waals surface area contributed by atoms with Gasteiger partial charge in [0, 0.05) is 22.7 Å². The highest BCUT2D eigenvalue weighted by atomic mass is 79.9. The highest BCUT2D eigenvalue weighted by Gasteiger charge is 2.25. The minimum atomic E-state index is 0.448. The van der Waals surface area contributed by atoms with Crippen molar-refractivity contribution in [3.63, 3.8) is 0 Å². The molecule has 0 saturated heterocycles. The van der Waals surface area contributed by atoms with Crippen LogP contribution in [0.15, 0.2) is 28.7 Å². The number of anilines is 1. The van der Waals surface area contributed by atoms with Crippen molar-refractivity contribution in [3.8, 4) is 0 Å². The lowest BCUT2D eigenvalue weighted by Gasteiger charge is -2.32. The largest absolute Gasteiger partial charge is 0.385 e. The molecule has 3 N–H and O–H groups in total. The Morgan fingerprint density at radius 2 is 2.21 bits per heavy atom. The number of nitrogens with one attached hydrogen (secondary N) is 1. The number of halogens is 1. The van der Waals surface area contributed by atoms with Crippen molar-refractivity contribution in [2.75, 3.05) is 11.9 Å². The van der Waals surface area contributed by atoms with Gasteiger partial charge in [0.1, 0.15) is 0 Å². The lowest BCUT2D eigenvalue weighted by atomic mass is 9.81. The zero-order valence-electron chi connectivity index (χ0n) is 8.04. The van der Waals surface area contributed by atoms with Gasteiger partial charge in [0.05, 0.1) is 0 Å². The lowest BCUT2D eigenvalue weighted by molar-refractivity contribution is 0.280. The van der Waals surface area contributed by atoms with Crippen LogP contribution >= 0.6 is 15.9 Å². The zero-order chi connectivity index (χ0) is 9.97. The molecule has 0 aromatic heterocycles. The maximum absolute atomic E-state index is 5.73. The van der Waals surface area contributed by atoms with Crippen LogP contribution in [0, 0.1) is 5.92 Å². The third-order valence-corrected chi connectivity index (χ3v) is 3.18. The van der Waals surface area contributed by atoms with E-state index in [-0.39, 0.29) is 0 Å². The van der Waals surface area contributed by atoms with E-state index < -0.39 is 0 Å². The highest BCUT2D eigenvalue weighted by Crippen LogP contribution is 2.26. The molecule has 2 rings (SSSR count). The average Bonchev–Trinajstić information content (AvgIpc) is 2.11. The summed E-state index contributed by atoms with van der Waals surface area (Å²) >= 11 is 3.45. The minimum Gasteiger partial charge on any atom is -0.385 e. The Hall–Kier alpha value is -0.540. The number of hydrogen-bond donors (Lipinski definition) is 2. The number of benzene rings is 1. The molecule has 14 heavy (non-hydrogen) atoms. The van der Waals surface area contributed by atoms with Gasteiger partial charge in [0.25, 0.3) is 0 Å². The van der Waals surface area contributed by atoms with Gasteiger partial charge in [0.2, 0.25) is 0 Å². The Balaban J connectivity index is 1.80. The maximum Gasteiger partial charge on any atom is 0.0351 e. The molecule has 2 nitrogen and oxygen atoms in total. The molecule has 76 valence electrons. The number of rotatable bonds is 3. The molecule has 1 fully saturated rings. The fourth-order valence-corrected chi connectivity index (χ4v) is 2.21. The molecule has 1 aromatic carbocycles. The van der Waals surface area contributed by atoms with Gasteiger partial charge in [-0.15, -0.1) is 0 Å². The van der Waals surface area contributed by atoms with Gasteiger partial charge in [-0.1, -0.05) is 22.0 Å².